The quantitative estimate of drug-likeness (QED) is 0.254. The fraction of sp³-hybridized carbons (Fsp3) is 0.0769. The summed E-state index contributed by atoms with van der Waals surface area (Å²) in [5, 5.41) is 4.97. The fourth-order valence-corrected chi connectivity index (χ4v) is 5.07. The smallest absolute Gasteiger partial charge is 0.338 e. The highest BCUT2D eigenvalue weighted by Crippen LogP contribution is 2.35. The van der Waals surface area contributed by atoms with E-state index in [1.165, 1.54) is 23.5 Å². The van der Waals surface area contributed by atoms with Gasteiger partial charge in [0.15, 0.2) is 10.3 Å². The van der Waals surface area contributed by atoms with Crippen LogP contribution in [0.15, 0.2) is 97.2 Å². The van der Waals surface area contributed by atoms with Crippen LogP contribution in [0.4, 0.5) is 5.69 Å². The summed E-state index contributed by atoms with van der Waals surface area (Å²) in [6, 6.07) is 20.3. The molecule has 4 aromatic rings. The second-order valence-corrected chi connectivity index (χ2v) is 9.42. The maximum absolute atomic E-state index is 12.4. The lowest BCUT2D eigenvalue weighted by Gasteiger charge is -2.02. The second kappa shape index (κ2) is 10.2. The molecule has 0 saturated carbocycles. The number of ether oxygens (including phenoxy) is 1. The number of hydrogen-bond acceptors (Lipinski definition) is 8. The molecule has 1 fully saturated rings. The molecule has 0 aliphatic carbocycles. The van der Waals surface area contributed by atoms with Crippen molar-refractivity contribution in [3.63, 3.8) is 0 Å². The molecular weight excluding hydrogens is 482 g/mol. The number of nitrogens with zero attached hydrogens (tertiary/aromatic N) is 2. The number of aromatic nitrogens is 1. The highest BCUT2D eigenvalue weighted by Gasteiger charge is 2.24. The standard InChI is InChI=1S/C26H19N3O4S2/c1-2-32-25(31)17-8-10-18(11-9-17)28-26-29-24(30)21(35-26)15-19-12-13-22(33-19)34-20-7-3-5-16-6-4-14-27-23(16)20/h3-15H,2H2,1H3,(H,28,29,30)/b21-15-. The van der Waals surface area contributed by atoms with Crippen LogP contribution in [0.1, 0.15) is 23.0 Å². The number of nitrogens with one attached hydrogen (secondary N) is 1. The fourth-order valence-electron chi connectivity index (χ4n) is 3.35. The molecule has 2 aromatic heterocycles. The van der Waals surface area contributed by atoms with E-state index in [2.05, 4.69) is 15.3 Å². The minimum atomic E-state index is -0.381. The Hall–Kier alpha value is -3.82. The Balaban J connectivity index is 1.28. The van der Waals surface area contributed by atoms with E-state index in [1.54, 1.807) is 43.5 Å². The molecule has 0 radical (unpaired) electrons. The largest absolute Gasteiger partial charge is 0.462 e. The number of amides is 1. The van der Waals surface area contributed by atoms with Crippen LogP contribution in [0.25, 0.3) is 17.0 Å². The Kier molecular flexibility index (Phi) is 6.69. The average Bonchev–Trinajstić information content (AvgIpc) is 3.45. The highest BCUT2D eigenvalue weighted by atomic mass is 32.2. The first kappa shape index (κ1) is 22.9. The van der Waals surface area contributed by atoms with Crippen molar-refractivity contribution in [2.24, 2.45) is 4.99 Å². The third kappa shape index (κ3) is 5.31. The SMILES string of the molecule is CCOC(=O)c1ccc(N=C2NC(=O)/C(=C/c3ccc(Sc4cccc5cccnc45)o3)S2)cc1. The number of amidine groups is 1. The lowest BCUT2D eigenvalue weighted by Crippen LogP contribution is -2.19. The average molecular weight is 502 g/mol. The van der Waals surface area contributed by atoms with Crippen LogP contribution in [0, 0.1) is 0 Å². The number of rotatable bonds is 6. The van der Waals surface area contributed by atoms with E-state index in [0.29, 0.717) is 38.8 Å². The van der Waals surface area contributed by atoms with Crippen LogP contribution in [0.5, 0.6) is 0 Å². The molecular formula is C26H19N3O4S2. The number of carbonyl (C=O) groups excluding carboxylic acids is 2. The van der Waals surface area contributed by atoms with Crippen molar-refractivity contribution >= 4 is 63.2 Å². The van der Waals surface area contributed by atoms with Gasteiger partial charge in [-0.05, 0) is 79.0 Å². The van der Waals surface area contributed by atoms with Gasteiger partial charge in [-0.3, -0.25) is 9.78 Å². The molecule has 174 valence electrons. The van der Waals surface area contributed by atoms with Gasteiger partial charge >= 0.3 is 5.97 Å². The van der Waals surface area contributed by atoms with Crippen LogP contribution >= 0.6 is 23.5 Å². The van der Waals surface area contributed by atoms with Gasteiger partial charge < -0.3 is 14.5 Å². The number of esters is 1. The predicted octanol–water partition coefficient (Wildman–Crippen LogP) is 6.05. The molecule has 0 atom stereocenters. The zero-order valence-electron chi connectivity index (χ0n) is 18.6. The zero-order valence-corrected chi connectivity index (χ0v) is 20.2. The van der Waals surface area contributed by atoms with Crippen LogP contribution in [0.2, 0.25) is 0 Å². The van der Waals surface area contributed by atoms with Crippen LogP contribution in [0.3, 0.4) is 0 Å². The number of hydrogen-bond donors (Lipinski definition) is 1. The summed E-state index contributed by atoms with van der Waals surface area (Å²) < 4.78 is 10.9. The van der Waals surface area contributed by atoms with Gasteiger partial charge in [0.25, 0.3) is 5.91 Å². The van der Waals surface area contributed by atoms with Crippen molar-refractivity contribution in [1.29, 1.82) is 0 Å². The van der Waals surface area contributed by atoms with E-state index >= 15 is 0 Å². The first-order chi connectivity index (χ1) is 17.1. The Labute approximate surface area is 209 Å². The lowest BCUT2D eigenvalue weighted by molar-refractivity contribution is -0.115. The van der Waals surface area contributed by atoms with Gasteiger partial charge in [-0.25, -0.2) is 9.79 Å². The van der Waals surface area contributed by atoms with E-state index in [4.69, 9.17) is 9.15 Å². The predicted molar refractivity (Wildman–Crippen MR) is 138 cm³/mol. The number of aliphatic imine (C=N–C) groups is 1. The number of thioether (sulfide) groups is 1. The van der Waals surface area contributed by atoms with Crippen molar-refractivity contribution in [3.8, 4) is 0 Å². The first-order valence-electron chi connectivity index (χ1n) is 10.8. The molecule has 0 bridgehead atoms. The van der Waals surface area contributed by atoms with Gasteiger partial charge in [-0.2, -0.15) is 0 Å². The molecule has 1 aliphatic heterocycles. The van der Waals surface area contributed by atoms with Crippen molar-refractivity contribution < 1.29 is 18.7 Å². The summed E-state index contributed by atoms with van der Waals surface area (Å²) in [5.41, 5.74) is 1.98. The molecule has 1 amide bonds. The van der Waals surface area contributed by atoms with Gasteiger partial charge in [-0.15, -0.1) is 0 Å². The molecule has 35 heavy (non-hydrogen) atoms. The lowest BCUT2D eigenvalue weighted by atomic mass is 10.2. The molecule has 2 aromatic carbocycles. The van der Waals surface area contributed by atoms with E-state index in [9.17, 15) is 9.59 Å². The molecule has 1 saturated heterocycles. The zero-order chi connectivity index (χ0) is 24.2. The summed E-state index contributed by atoms with van der Waals surface area (Å²) in [4.78, 5) is 34.6. The van der Waals surface area contributed by atoms with Gasteiger partial charge in [0.05, 0.1) is 28.3 Å². The van der Waals surface area contributed by atoms with Crippen LogP contribution in [-0.4, -0.2) is 28.6 Å². The normalized spacial score (nSPS) is 15.6. The summed E-state index contributed by atoms with van der Waals surface area (Å²) in [6.07, 6.45) is 3.46. The number of fused-ring (bicyclic) bond motifs is 1. The topological polar surface area (TPSA) is 93.8 Å². The van der Waals surface area contributed by atoms with E-state index in [0.717, 1.165) is 15.8 Å². The Morgan fingerprint density at radius 3 is 2.80 bits per heavy atom. The van der Waals surface area contributed by atoms with E-state index in [1.807, 2.05) is 42.5 Å². The summed E-state index contributed by atoms with van der Waals surface area (Å²) >= 11 is 2.71. The van der Waals surface area contributed by atoms with Gasteiger partial charge in [-0.1, -0.05) is 18.2 Å². The molecule has 0 unspecified atom stereocenters. The Morgan fingerprint density at radius 2 is 1.97 bits per heavy atom. The second-order valence-electron chi connectivity index (χ2n) is 7.34. The van der Waals surface area contributed by atoms with Crippen molar-refractivity contribution in [2.75, 3.05) is 6.61 Å². The van der Waals surface area contributed by atoms with Crippen LogP contribution in [-0.2, 0) is 9.53 Å². The molecule has 1 aliphatic rings. The highest BCUT2D eigenvalue weighted by molar-refractivity contribution is 8.18. The Bertz CT molecular complexity index is 1470. The molecule has 0 spiro atoms. The Morgan fingerprint density at radius 1 is 1.14 bits per heavy atom. The van der Waals surface area contributed by atoms with Gasteiger partial charge in [0.1, 0.15) is 5.76 Å². The number of benzene rings is 2. The minimum absolute atomic E-state index is 0.249. The molecule has 5 rings (SSSR count). The third-order valence-electron chi connectivity index (χ3n) is 4.94. The van der Waals surface area contributed by atoms with Crippen LogP contribution < -0.4 is 5.32 Å². The molecule has 1 N–H and O–H groups in total. The van der Waals surface area contributed by atoms with Crippen molar-refractivity contribution in [3.05, 3.63) is 89.2 Å². The van der Waals surface area contributed by atoms with Gasteiger partial charge in [0, 0.05) is 22.6 Å². The third-order valence-corrected chi connectivity index (χ3v) is 6.82. The monoisotopic (exact) mass is 501 g/mol. The number of carbonyl (C=O) groups is 2. The summed E-state index contributed by atoms with van der Waals surface area (Å²) in [6.45, 7) is 2.07. The van der Waals surface area contributed by atoms with E-state index < -0.39 is 0 Å². The van der Waals surface area contributed by atoms with Crippen molar-refractivity contribution in [2.45, 2.75) is 16.9 Å². The molecule has 3 heterocycles. The van der Waals surface area contributed by atoms with E-state index in [-0.39, 0.29) is 11.9 Å². The maximum Gasteiger partial charge on any atom is 0.338 e. The molecule has 7 nitrogen and oxygen atoms in total. The molecule has 9 heteroatoms. The van der Waals surface area contributed by atoms with Crippen molar-refractivity contribution in [1.82, 2.24) is 10.3 Å². The number of para-hydroxylation sites is 1. The van der Waals surface area contributed by atoms with Gasteiger partial charge in [0.2, 0.25) is 0 Å². The minimum Gasteiger partial charge on any atom is -0.462 e. The maximum atomic E-state index is 12.4. The summed E-state index contributed by atoms with van der Waals surface area (Å²) in [7, 11) is 0. The number of furan rings is 1. The first-order valence-corrected chi connectivity index (χ1v) is 12.4. The number of pyridine rings is 1. The summed E-state index contributed by atoms with van der Waals surface area (Å²) in [5.74, 6) is -0.0627.